The van der Waals surface area contributed by atoms with Gasteiger partial charge >= 0.3 is 11.7 Å². The number of hydrogen-bond acceptors (Lipinski definition) is 4. The zero-order valence-corrected chi connectivity index (χ0v) is 11.2. The standard InChI is InChI=1S/C15H17NO3/c1-3-5-6-8-11-9-7-10-12-13(11)14(17)19-15(16-12)18-4-2/h6-10H,3-5H2,1-2H3. The first kappa shape index (κ1) is 13.3. The largest absolute Gasteiger partial charge is 0.450 e. The van der Waals surface area contributed by atoms with Crippen molar-refractivity contribution in [3.63, 3.8) is 0 Å². The van der Waals surface area contributed by atoms with E-state index in [0.29, 0.717) is 17.5 Å². The van der Waals surface area contributed by atoms with Crippen molar-refractivity contribution in [3.05, 3.63) is 40.3 Å². The van der Waals surface area contributed by atoms with Gasteiger partial charge in [0, 0.05) is 0 Å². The smallest absolute Gasteiger partial charge is 0.397 e. The van der Waals surface area contributed by atoms with E-state index in [2.05, 4.69) is 11.9 Å². The average Bonchev–Trinajstić information content (AvgIpc) is 2.39. The molecule has 19 heavy (non-hydrogen) atoms. The summed E-state index contributed by atoms with van der Waals surface area (Å²) in [5, 5.41) is 0.498. The number of rotatable bonds is 5. The first-order valence-corrected chi connectivity index (χ1v) is 6.49. The minimum Gasteiger partial charge on any atom is -0.450 e. The zero-order valence-electron chi connectivity index (χ0n) is 11.2. The molecule has 1 aromatic heterocycles. The van der Waals surface area contributed by atoms with Crippen LogP contribution in [0.5, 0.6) is 6.08 Å². The second-order valence-electron chi connectivity index (χ2n) is 4.13. The van der Waals surface area contributed by atoms with E-state index < -0.39 is 5.63 Å². The van der Waals surface area contributed by atoms with Crippen LogP contribution in [0.3, 0.4) is 0 Å². The number of benzene rings is 1. The summed E-state index contributed by atoms with van der Waals surface area (Å²) in [6, 6.07) is 5.54. The van der Waals surface area contributed by atoms with E-state index in [9.17, 15) is 4.79 Å². The van der Waals surface area contributed by atoms with Crippen molar-refractivity contribution in [2.75, 3.05) is 6.61 Å². The van der Waals surface area contributed by atoms with Crippen LogP contribution in [0.2, 0.25) is 0 Å². The molecule has 1 aromatic carbocycles. The highest BCUT2D eigenvalue weighted by Crippen LogP contribution is 2.18. The molecular weight excluding hydrogens is 242 g/mol. The van der Waals surface area contributed by atoms with Gasteiger partial charge in [0.1, 0.15) is 0 Å². The van der Waals surface area contributed by atoms with Gasteiger partial charge in [0.2, 0.25) is 0 Å². The molecule has 0 radical (unpaired) electrons. The lowest BCUT2D eigenvalue weighted by atomic mass is 10.1. The molecular formula is C15H17NO3. The van der Waals surface area contributed by atoms with Crippen LogP contribution in [-0.2, 0) is 0 Å². The molecule has 4 heteroatoms. The fraction of sp³-hybridized carbons (Fsp3) is 0.333. The van der Waals surface area contributed by atoms with Gasteiger partial charge < -0.3 is 9.15 Å². The van der Waals surface area contributed by atoms with Gasteiger partial charge in [-0.3, -0.25) is 0 Å². The van der Waals surface area contributed by atoms with Crippen LogP contribution in [0.4, 0.5) is 0 Å². The number of nitrogens with zero attached hydrogens (tertiary/aromatic N) is 1. The maximum Gasteiger partial charge on any atom is 0.397 e. The third-order valence-corrected chi connectivity index (χ3v) is 2.69. The molecule has 0 bridgehead atoms. The lowest BCUT2D eigenvalue weighted by molar-refractivity contribution is 0.229. The van der Waals surface area contributed by atoms with Crippen molar-refractivity contribution in [1.82, 2.24) is 4.98 Å². The Morgan fingerprint density at radius 1 is 1.37 bits per heavy atom. The highest BCUT2D eigenvalue weighted by Gasteiger charge is 2.09. The summed E-state index contributed by atoms with van der Waals surface area (Å²) in [6.07, 6.45) is 6.05. The van der Waals surface area contributed by atoms with Crippen molar-refractivity contribution in [2.45, 2.75) is 26.7 Å². The summed E-state index contributed by atoms with van der Waals surface area (Å²) in [7, 11) is 0. The van der Waals surface area contributed by atoms with E-state index in [1.165, 1.54) is 0 Å². The Morgan fingerprint density at radius 2 is 2.21 bits per heavy atom. The summed E-state index contributed by atoms with van der Waals surface area (Å²) < 4.78 is 10.2. The molecule has 100 valence electrons. The predicted octanol–water partition coefficient (Wildman–Crippen LogP) is 3.40. The first-order valence-electron chi connectivity index (χ1n) is 6.49. The van der Waals surface area contributed by atoms with Crippen molar-refractivity contribution in [2.24, 2.45) is 0 Å². The van der Waals surface area contributed by atoms with Crippen LogP contribution in [0.25, 0.3) is 17.0 Å². The number of ether oxygens (including phenoxy) is 1. The van der Waals surface area contributed by atoms with E-state index in [1.807, 2.05) is 31.2 Å². The molecule has 2 aromatic rings. The maximum absolute atomic E-state index is 12.0. The van der Waals surface area contributed by atoms with Gasteiger partial charge in [-0.25, -0.2) is 4.79 Å². The third-order valence-electron chi connectivity index (χ3n) is 2.69. The van der Waals surface area contributed by atoms with E-state index in [0.717, 1.165) is 18.4 Å². The molecule has 0 spiro atoms. The monoisotopic (exact) mass is 259 g/mol. The van der Waals surface area contributed by atoms with Crippen molar-refractivity contribution < 1.29 is 9.15 Å². The molecule has 1 heterocycles. The fourth-order valence-electron chi connectivity index (χ4n) is 1.83. The minimum atomic E-state index is -0.412. The van der Waals surface area contributed by atoms with Gasteiger partial charge in [-0.1, -0.05) is 37.6 Å². The molecule has 0 unspecified atom stereocenters. The van der Waals surface area contributed by atoms with E-state index >= 15 is 0 Å². The summed E-state index contributed by atoms with van der Waals surface area (Å²) in [4.78, 5) is 16.2. The number of hydrogen-bond donors (Lipinski definition) is 0. The van der Waals surface area contributed by atoms with Crippen molar-refractivity contribution in [1.29, 1.82) is 0 Å². The number of aromatic nitrogens is 1. The Morgan fingerprint density at radius 3 is 2.95 bits per heavy atom. The van der Waals surface area contributed by atoms with Gasteiger partial charge in [0.15, 0.2) is 0 Å². The van der Waals surface area contributed by atoms with Gasteiger partial charge in [0.05, 0.1) is 17.5 Å². The lowest BCUT2D eigenvalue weighted by Gasteiger charge is -2.03. The van der Waals surface area contributed by atoms with Crippen LogP contribution in [0.1, 0.15) is 32.3 Å². The van der Waals surface area contributed by atoms with Crippen LogP contribution in [-0.4, -0.2) is 11.6 Å². The molecule has 0 saturated carbocycles. The molecule has 0 saturated heterocycles. The topological polar surface area (TPSA) is 52.3 Å². The van der Waals surface area contributed by atoms with Gasteiger partial charge in [0.25, 0.3) is 0 Å². The molecule has 2 rings (SSSR count). The molecule has 0 amide bonds. The molecule has 0 aliphatic heterocycles. The Bertz CT molecular complexity index is 643. The molecule has 0 N–H and O–H groups in total. The average molecular weight is 259 g/mol. The molecule has 0 atom stereocenters. The highest BCUT2D eigenvalue weighted by atomic mass is 16.6. The summed E-state index contributed by atoms with van der Waals surface area (Å²) >= 11 is 0. The molecule has 0 aliphatic carbocycles. The van der Waals surface area contributed by atoms with Gasteiger partial charge in [-0.05, 0) is 25.0 Å². The Labute approximate surface area is 111 Å². The highest BCUT2D eigenvalue weighted by molar-refractivity contribution is 5.86. The summed E-state index contributed by atoms with van der Waals surface area (Å²) in [6.45, 7) is 4.34. The molecule has 4 nitrogen and oxygen atoms in total. The van der Waals surface area contributed by atoms with Gasteiger partial charge in [-0.15, -0.1) is 0 Å². The van der Waals surface area contributed by atoms with Crippen LogP contribution in [0.15, 0.2) is 33.5 Å². The Balaban J connectivity index is 2.53. The predicted molar refractivity (Wildman–Crippen MR) is 75.4 cm³/mol. The van der Waals surface area contributed by atoms with E-state index in [4.69, 9.17) is 9.15 Å². The van der Waals surface area contributed by atoms with Crippen molar-refractivity contribution >= 4 is 17.0 Å². The first-order chi connectivity index (χ1) is 9.26. The van der Waals surface area contributed by atoms with E-state index in [1.54, 1.807) is 6.07 Å². The van der Waals surface area contributed by atoms with E-state index in [-0.39, 0.29) is 6.08 Å². The number of allylic oxidation sites excluding steroid dienone is 1. The fourth-order valence-corrected chi connectivity index (χ4v) is 1.83. The molecule has 0 fully saturated rings. The Hall–Kier alpha value is -2.10. The Kier molecular flexibility index (Phi) is 4.34. The van der Waals surface area contributed by atoms with Crippen molar-refractivity contribution in [3.8, 4) is 6.08 Å². The zero-order chi connectivity index (χ0) is 13.7. The quantitative estimate of drug-likeness (QED) is 0.825. The minimum absolute atomic E-state index is 0.0229. The van der Waals surface area contributed by atoms with Crippen LogP contribution < -0.4 is 10.4 Å². The number of fused-ring (bicyclic) bond motifs is 1. The number of unbranched alkanes of at least 4 members (excludes halogenated alkanes) is 1. The maximum atomic E-state index is 12.0. The lowest BCUT2D eigenvalue weighted by Crippen LogP contribution is -2.06. The summed E-state index contributed by atoms with van der Waals surface area (Å²) in [5.41, 5.74) is 1.01. The van der Waals surface area contributed by atoms with Crippen LogP contribution in [0, 0.1) is 0 Å². The normalized spacial score (nSPS) is 11.3. The summed E-state index contributed by atoms with van der Waals surface area (Å²) in [5.74, 6) is 0. The second kappa shape index (κ2) is 6.18. The molecule has 0 aliphatic rings. The second-order valence-corrected chi connectivity index (χ2v) is 4.13. The third kappa shape index (κ3) is 3.02. The van der Waals surface area contributed by atoms with Gasteiger partial charge in [-0.2, -0.15) is 4.98 Å². The SMILES string of the molecule is CCCC=Cc1cccc2nc(OCC)oc(=O)c12. The van der Waals surface area contributed by atoms with Crippen LogP contribution >= 0.6 is 0 Å².